The summed E-state index contributed by atoms with van der Waals surface area (Å²) < 4.78 is 20.5. The summed E-state index contributed by atoms with van der Waals surface area (Å²) in [6, 6.07) is 22.7. The first kappa shape index (κ1) is 28.5. The van der Waals surface area contributed by atoms with E-state index in [4.69, 9.17) is 4.74 Å². The molecule has 1 aliphatic heterocycles. The van der Waals surface area contributed by atoms with Gasteiger partial charge in [0.25, 0.3) is 5.91 Å². The van der Waals surface area contributed by atoms with Gasteiger partial charge in [-0.3, -0.25) is 9.59 Å². The Labute approximate surface area is 237 Å². The van der Waals surface area contributed by atoms with Crippen LogP contribution in [0.15, 0.2) is 94.7 Å². The van der Waals surface area contributed by atoms with Crippen LogP contribution in [0.1, 0.15) is 30.9 Å². The molecule has 3 aromatic carbocycles. The molecule has 3 N–H and O–H groups in total. The summed E-state index contributed by atoms with van der Waals surface area (Å²) in [6.45, 7) is 3.75. The second kappa shape index (κ2) is 13.0. The normalized spacial score (nSPS) is 14.7. The molecule has 0 bridgehead atoms. The van der Waals surface area contributed by atoms with Crippen LogP contribution in [0.5, 0.6) is 5.75 Å². The van der Waals surface area contributed by atoms with Crippen LogP contribution in [0.4, 0.5) is 15.8 Å². The van der Waals surface area contributed by atoms with Crippen molar-refractivity contribution >= 4 is 35.0 Å². The highest BCUT2D eigenvalue weighted by atomic mass is 32.2. The highest BCUT2D eigenvalue weighted by molar-refractivity contribution is 8.03. The number of carbonyl (C=O) groups excluding carboxylic acids is 2. The smallest absolute Gasteiger partial charge is 0.254 e. The summed E-state index contributed by atoms with van der Waals surface area (Å²) in [7, 11) is 1.50. The molecule has 9 heteroatoms. The quantitative estimate of drug-likeness (QED) is 0.294. The molecule has 1 aliphatic rings. The van der Waals surface area contributed by atoms with Gasteiger partial charge in [-0.05, 0) is 49.2 Å². The van der Waals surface area contributed by atoms with Crippen LogP contribution in [-0.2, 0) is 16.0 Å². The fraction of sp³-hybridized carbons (Fsp3) is 0.194. The molecule has 7 nitrogen and oxygen atoms in total. The van der Waals surface area contributed by atoms with Crippen LogP contribution in [0.2, 0.25) is 0 Å². The lowest BCUT2D eigenvalue weighted by molar-refractivity contribution is -0.114. The number of hydrogen-bond donors (Lipinski definition) is 3. The van der Waals surface area contributed by atoms with Crippen molar-refractivity contribution in [1.82, 2.24) is 5.32 Å². The van der Waals surface area contributed by atoms with E-state index < -0.39 is 17.6 Å². The zero-order valence-corrected chi connectivity index (χ0v) is 23.2. The first-order chi connectivity index (χ1) is 19.4. The van der Waals surface area contributed by atoms with E-state index in [1.165, 1.54) is 13.2 Å². The Hall–Kier alpha value is -4.55. The Morgan fingerprint density at radius 2 is 1.75 bits per heavy atom. The minimum Gasteiger partial charge on any atom is -0.495 e. The van der Waals surface area contributed by atoms with Crippen LogP contribution in [0.25, 0.3) is 0 Å². The molecule has 0 spiro atoms. The topological polar surface area (TPSA) is 103 Å². The predicted octanol–water partition coefficient (Wildman–Crippen LogP) is 6.10. The first-order valence-corrected chi connectivity index (χ1v) is 13.7. The van der Waals surface area contributed by atoms with Gasteiger partial charge in [0.2, 0.25) is 5.91 Å². The maximum absolute atomic E-state index is 15.1. The van der Waals surface area contributed by atoms with Crippen molar-refractivity contribution in [2.45, 2.75) is 26.2 Å². The van der Waals surface area contributed by atoms with Gasteiger partial charge in [-0.25, -0.2) is 4.39 Å². The maximum Gasteiger partial charge on any atom is 0.254 e. The molecule has 0 aromatic heterocycles. The number of nitriles is 1. The Kier molecular flexibility index (Phi) is 9.25. The lowest BCUT2D eigenvalue weighted by atomic mass is 9.82. The number of hydrogen-bond acceptors (Lipinski definition) is 6. The van der Waals surface area contributed by atoms with Crippen LogP contribution in [-0.4, -0.2) is 24.7 Å². The summed E-state index contributed by atoms with van der Waals surface area (Å²) in [4.78, 5) is 26.3. The number of ether oxygens (including phenoxy) is 1. The van der Waals surface area contributed by atoms with E-state index in [1.54, 1.807) is 49.4 Å². The number of benzene rings is 3. The van der Waals surface area contributed by atoms with Gasteiger partial charge < -0.3 is 20.7 Å². The standard InChI is InChI=1S/C31H29FN4O3S/c1-4-20-13-15-21(16-14-20)35-27(37)18-40-31-23(17-33)29(22-9-5-6-10-24(22)32)28(19(2)34-31)30(38)36-25-11-7-8-12-26(25)39-3/h5-16,29,34H,4,18H2,1-3H3,(H,35,37)(H,36,38)/t29-/m1/s1. The summed E-state index contributed by atoms with van der Waals surface area (Å²) in [5.41, 5.74) is 3.23. The second-order valence-corrected chi connectivity index (χ2v) is 10.0. The van der Waals surface area contributed by atoms with Gasteiger partial charge in [0, 0.05) is 22.5 Å². The SMILES string of the molecule is CCc1ccc(NC(=O)CSC2=C(C#N)[C@@H](c3ccccc3F)C(C(=O)Nc3ccccc3OC)=C(C)N2)cc1. The molecular formula is C31H29FN4O3S. The van der Waals surface area contributed by atoms with Crippen molar-refractivity contribution in [2.24, 2.45) is 0 Å². The number of methoxy groups -OCH3 is 1. The Balaban J connectivity index is 1.63. The first-order valence-electron chi connectivity index (χ1n) is 12.7. The number of nitrogens with zero attached hydrogens (tertiary/aromatic N) is 1. The van der Waals surface area contributed by atoms with E-state index in [0.717, 1.165) is 23.7 Å². The van der Waals surface area contributed by atoms with Crippen molar-refractivity contribution in [1.29, 1.82) is 5.26 Å². The van der Waals surface area contributed by atoms with Gasteiger partial charge in [0.15, 0.2) is 0 Å². The number of amides is 2. The Bertz CT molecular complexity index is 1530. The van der Waals surface area contributed by atoms with E-state index in [0.29, 0.717) is 27.9 Å². The van der Waals surface area contributed by atoms with Gasteiger partial charge in [-0.15, -0.1) is 0 Å². The summed E-state index contributed by atoms with van der Waals surface area (Å²) in [6.07, 6.45) is 0.899. The van der Waals surface area contributed by atoms with E-state index in [1.807, 2.05) is 24.3 Å². The molecule has 3 aromatic rings. The molecular weight excluding hydrogens is 527 g/mol. The minimum atomic E-state index is -0.991. The van der Waals surface area contributed by atoms with E-state index in [-0.39, 0.29) is 28.4 Å². The van der Waals surface area contributed by atoms with Crippen molar-refractivity contribution < 1.29 is 18.7 Å². The third-order valence-electron chi connectivity index (χ3n) is 6.46. The Morgan fingerprint density at radius 3 is 2.42 bits per heavy atom. The van der Waals surface area contributed by atoms with Gasteiger partial charge in [0.05, 0.1) is 41.1 Å². The predicted molar refractivity (Wildman–Crippen MR) is 156 cm³/mol. The summed E-state index contributed by atoms with van der Waals surface area (Å²) in [5.74, 6) is -1.84. The number of anilines is 2. The largest absolute Gasteiger partial charge is 0.495 e. The van der Waals surface area contributed by atoms with Gasteiger partial charge in [0.1, 0.15) is 11.6 Å². The van der Waals surface area contributed by atoms with Gasteiger partial charge in [-0.2, -0.15) is 5.26 Å². The molecule has 0 fully saturated rings. The fourth-order valence-corrected chi connectivity index (χ4v) is 5.34. The minimum absolute atomic E-state index is 0.00303. The number of rotatable bonds is 9. The van der Waals surface area contributed by atoms with Crippen molar-refractivity contribution in [3.05, 3.63) is 112 Å². The second-order valence-electron chi connectivity index (χ2n) is 9.01. The zero-order valence-electron chi connectivity index (χ0n) is 22.4. The monoisotopic (exact) mass is 556 g/mol. The number of allylic oxidation sites excluding steroid dienone is 2. The third kappa shape index (κ3) is 6.35. The van der Waals surface area contributed by atoms with E-state index in [2.05, 4.69) is 28.9 Å². The van der Waals surface area contributed by atoms with Crippen molar-refractivity contribution in [3.8, 4) is 11.8 Å². The molecule has 2 amide bonds. The number of dihydropyridines is 1. The van der Waals surface area contributed by atoms with Gasteiger partial charge in [-0.1, -0.05) is 61.2 Å². The van der Waals surface area contributed by atoms with Crippen molar-refractivity contribution in [3.63, 3.8) is 0 Å². The van der Waals surface area contributed by atoms with Crippen LogP contribution in [0, 0.1) is 17.1 Å². The van der Waals surface area contributed by atoms with Gasteiger partial charge >= 0.3 is 0 Å². The highest BCUT2D eigenvalue weighted by Gasteiger charge is 2.36. The lowest BCUT2D eigenvalue weighted by Crippen LogP contribution is -2.31. The maximum atomic E-state index is 15.1. The number of aryl methyl sites for hydroxylation is 1. The molecule has 1 atom stereocenters. The average Bonchev–Trinajstić information content (AvgIpc) is 2.96. The van der Waals surface area contributed by atoms with Crippen LogP contribution in [0.3, 0.4) is 0 Å². The molecule has 0 aliphatic carbocycles. The zero-order chi connectivity index (χ0) is 28.6. The number of halogens is 1. The highest BCUT2D eigenvalue weighted by Crippen LogP contribution is 2.42. The molecule has 0 radical (unpaired) electrons. The van der Waals surface area contributed by atoms with Crippen LogP contribution >= 0.6 is 11.8 Å². The number of carbonyl (C=O) groups is 2. The molecule has 4 rings (SSSR count). The molecule has 1 heterocycles. The molecule has 40 heavy (non-hydrogen) atoms. The third-order valence-corrected chi connectivity index (χ3v) is 7.47. The molecule has 0 saturated heterocycles. The fourth-order valence-electron chi connectivity index (χ4n) is 4.44. The van der Waals surface area contributed by atoms with Crippen LogP contribution < -0.4 is 20.7 Å². The number of thioether (sulfide) groups is 1. The van der Waals surface area contributed by atoms with E-state index in [9.17, 15) is 14.9 Å². The lowest BCUT2D eigenvalue weighted by Gasteiger charge is -2.30. The molecule has 204 valence electrons. The summed E-state index contributed by atoms with van der Waals surface area (Å²) >= 11 is 1.12. The molecule has 0 unspecified atom stereocenters. The van der Waals surface area contributed by atoms with Crippen molar-refractivity contribution in [2.75, 3.05) is 23.5 Å². The number of para-hydroxylation sites is 2. The Morgan fingerprint density at radius 1 is 1.05 bits per heavy atom. The summed E-state index contributed by atoms with van der Waals surface area (Å²) in [5, 5.41) is 19.4. The number of nitrogens with one attached hydrogen (secondary N) is 3. The van der Waals surface area contributed by atoms with E-state index >= 15 is 4.39 Å². The molecule has 0 saturated carbocycles. The average molecular weight is 557 g/mol.